The number of ether oxygens (including phenoxy) is 2. The molecule has 0 saturated heterocycles. The molecule has 1 aliphatic carbocycles. The van der Waals surface area contributed by atoms with Gasteiger partial charge in [-0.1, -0.05) is 33.1 Å². The molecule has 1 aromatic carbocycles. The summed E-state index contributed by atoms with van der Waals surface area (Å²) in [4.78, 5) is 0. The van der Waals surface area contributed by atoms with Gasteiger partial charge in [-0.25, -0.2) is 0 Å². The van der Waals surface area contributed by atoms with Gasteiger partial charge in [0.1, 0.15) is 0 Å². The standard InChI is InChI=1S/C18H28BrNO2/c1-12(2)15-13(18(11-20)8-6-5-7-9-18)10-14(21-3)17(22-4)16(15)19/h10,12H,5-9,11,20H2,1-4H3. The van der Waals surface area contributed by atoms with Gasteiger partial charge >= 0.3 is 0 Å². The SMILES string of the molecule is COc1cc(C2(CN)CCCCC2)c(C(C)C)c(Br)c1OC. The highest BCUT2D eigenvalue weighted by Gasteiger charge is 2.37. The van der Waals surface area contributed by atoms with E-state index in [-0.39, 0.29) is 5.41 Å². The van der Waals surface area contributed by atoms with Crippen molar-refractivity contribution in [3.63, 3.8) is 0 Å². The monoisotopic (exact) mass is 369 g/mol. The minimum Gasteiger partial charge on any atom is -0.493 e. The maximum absolute atomic E-state index is 6.26. The van der Waals surface area contributed by atoms with Crippen LogP contribution in [-0.4, -0.2) is 20.8 Å². The van der Waals surface area contributed by atoms with E-state index in [1.54, 1.807) is 14.2 Å². The summed E-state index contributed by atoms with van der Waals surface area (Å²) in [6.07, 6.45) is 6.13. The number of methoxy groups -OCH3 is 2. The first-order valence-electron chi connectivity index (χ1n) is 8.15. The molecule has 1 aromatic rings. The Morgan fingerprint density at radius 1 is 1.18 bits per heavy atom. The average Bonchev–Trinajstić information content (AvgIpc) is 2.53. The molecule has 1 fully saturated rings. The summed E-state index contributed by atoms with van der Waals surface area (Å²) in [6, 6.07) is 2.16. The predicted octanol–water partition coefficient (Wildman–Crippen LogP) is 4.75. The van der Waals surface area contributed by atoms with Crippen molar-refractivity contribution in [1.82, 2.24) is 0 Å². The van der Waals surface area contributed by atoms with Gasteiger partial charge in [-0.15, -0.1) is 0 Å². The fraction of sp³-hybridized carbons (Fsp3) is 0.667. The first-order chi connectivity index (χ1) is 10.5. The van der Waals surface area contributed by atoms with E-state index >= 15 is 0 Å². The van der Waals surface area contributed by atoms with Crippen LogP contribution in [0.1, 0.15) is 63.0 Å². The van der Waals surface area contributed by atoms with Crippen LogP contribution >= 0.6 is 15.9 Å². The second kappa shape index (κ2) is 7.22. The van der Waals surface area contributed by atoms with Gasteiger partial charge in [0, 0.05) is 12.0 Å². The Bertz CT molecular complexity index is 522. The van der Waals surface area contributed by atoms with Crippen molar-refractivity contribution in [3.05, 3.63) is 21.7 Å². The quantitative estimate of drug-likeness (QED) is 0.814. The van der Waals surface area contributed by atoms with Gasteiger partial charge in [-0.2, -0.15) is 0 Å². The molecule has 3 nitrogen and oxygen atoms in total. The Morgan fingerprint density at radius 3 is 2.27 bits per heavy atom. The van der Waals surface area contributed by atoms with Crippen LogP contribution in [0, 0.1) is 0 Å². The van der Waals surface area contributed by atoms with Crippen molar-refractivity contribution < 1.29 is 9.47 Å². The Balaban J connectivity index is 2.69. The van der Waals surface area contributed by atoms with E-state index in [4.69, 9.17) is 15.2 Å². The molecule has 0 unspecified atom stereocenters. The van der Waals surface area contributed by atoms with E-state index in [1.807, 2.05) is 0 Å². The number of hydrogen-bond donors (Lipinski definition) is 1. The summed E-state index contributed by atoms with van der Waals surface area (Å²) in [5.74, 6) is 1.96. The molecule has 0 amide bonds. The molecule has 4 heteroatoms. The van der Waals surface area contributed by atoms with Crippen LogP contribution in [-0.2, 0) is 5.41 Å². The molecule has 1 aliphatic rings. The second-order valence-electron chi connectivity index (χ2n) is 6.59. The van der Waals surface area contributed by atoms with E-state index in [9.17, 15) is 0 Å². The molecule has 0 atom stereocenters. The Kier molecular flexibility index (Phi) is 5.78. The maximum atomic E-state index is 6.26. The zero-order valence-corrected chi connectivity index (χ0v) is 15.8. The first-order valence-corrected chi connectivity index (χ1v) is 8.95. The first kappa shape index (κ1) is 17.6. The molecule has 0 bridgehead atoms. The molecule has 0 heterocycles. The number of halogens is 1. The molecule has 2 N–H and O–H groups in total. The van der Waals surface area contributed by atoms with E-state index < -0.39 is 0 Å². The lowest BCUT2D eigenvalue weighted by Gasteiger charge is -2.39. The third-order valence-electron chi connectivity index (χ3n) is 5.00. The van der Waals surface area contributed by atoms with Gasteiger partial charge in [-0.05, 0) is 51.9 Å². The Morgan fingerprint density at radius 2 is 1.82 bits per heavy atom. The minimum absolute atomic E-state index is 0.0694. The molecule has 1 saturated carbocycles. The summed E-state index contributed by atoms with van der Waals surface area (Å²) >= 11 is 3.76. The van der Waals surface area contributed by atoms with Crippen LogP contribution < -0.4 is 15.2 Å². The molecule has 124 valence electrons. The van der Waals surface area contributed by atoms with Gasteiger partial charge < -0.3 is 15.2 Å². The average molecular weight is 370 g/mol. The van der Waals surface area contributed by atoms with Crippen molar-refractivity contribution in [2.75, 3.05) is 20.8 Å². The maximum Gasteiger partial charge on any atom is 0.175 e. The fourth-order valence-electron chi connectivity index (χ4n) is 3.78. The van der Waals surface area contributed by atoms with E-state index in [0.717, 1.165) is 28.8 Å². The summed E-state index contributed by atoms with van der Waals surface area (Å²) in [6.45, 7) is 5.14. The zero-order valence-electron chi connectivity index (χ0n) is 14.2. The lowest BCUT2D eigenvalue weighted by molar-refractivity contribution is 0.294. The van der Waals surface area contributed by atoms with E-state index in [2.05, 4.69) is 35.8 Å². The van der Waals surface area contributed by atoms with Gasteiger partial charge in [0.15, 0.2) is 11.5 Å². The molecule has 2 rings (SSSR count). The fourth-order valence-corrected chi connectivity index (χ4v) is 4.81. The van der Waals surface area contributed by atoms with Crippen molar-refractivity contribution in [2.45, 2.75) is 57.3 Å². The van der Waals surface area contributed by atoms with Gasteiger partial charge in [0.25, 0.3) is 0 Å². The normalized spacial score (nSPS) is 17.6. The highest BCUT2D eigenvalue weighted by molar-refractivity contribution is 9.10. The third kappa shape index (κ3) is 3.00. The lowest BCUT2D eigenvalue weighted by Crippen LogP contribution is -2.38. The second-order valence-corrected chi connectivity index (χ2v) is 7.38. The van der Waals surface area contributed by atoms with Crippen molar-refractivity contribution >= 4 is 15.9 Å². The summed E-state index contributed by atoms with van der Waals surface area (Å²) in [7, 11) is 3.38. The Labute approximate surface area is 142 Å². The van der Waals surface area contributed by atoms with Crippen LogP contribution in [0.4, 0.5) is 0 Å². The number of rotatable bonds is 5. The van der Waals surface area contributed by atoms with Crippen molar-refractivity contribution in [2.24, 2.45) is 5.73 Å². The topological polar surface area (TPSA) is 44.5 Å². The molecular formula is C18H28BrNO2. The highest BCUT2D eigenvalue weighted by Crippen LogP contribution is 2.49. The summed E-state index contributed by atoms with van der Waals surface area (Å²) in [5.41, 5.74) is 8.99. The molecular weight excluding hydrogens is 342 g/mol. The number of benzene rings is 1. The third-order valence-corrected chi connectivity index (χ3v) is 5.79. The molecule has 22 heavy (non-hydrogen) atoms. The summed E-state index contributed by atoms with van der Waals surface area (Å²) < 4.78 is 12.2. The summed E-state index contributed by atoms with van der Waals surface area (Å²) in [5, 5.41) is 0. The molecule has 0 radical (unpaired) electrons. The van der Waals surface area contributed by atoms with Crippen molar-refractivity contribution in [3.8, 4) is 11.5 Å². The van der Waals surface area contributed by atoms with Crippen molar-refractivity contribution in [1.29, 1.82) is 0 Å². The molecule has 0 spiro atoms. The van der Waals surface area contributed by atoms with Gasteiger partial charge in [-0.3, -0.25) is 0 Å². The predicted molar refractivity (Wildman–Crippen MR) is 95.2 cm³/mol. The Hall–Kier alpha value is -0.740. The van der Waals surface area contributed by atoms with Crippen LogP contribution in [0.3, 0.4) is 0 Å². The van der Waals surface area contributed by atoms with Gasteiger partial charge in [0.2, 0.25) is 0 Å². The smallest absolute Gasteiger partial charge is 0.175 e. The molecule has 0 aliphatic heterocycles. The van der Waals surface area contributed by atoms with E-state index in [0.29, 0.717) is 12.5 Å². The minimum atomic E-state index is 0.0694. The van der Waals surface area contributed by atoms with Crippen LogP contribution in [0.5, 0.6) is 11.5 Å². The van der Waals surface area contributed by atoms with Gasteiger partial charge in [0.05, 0.1) is 18.7 Å². The van der Waals surface area contributed by atoms with Crippen LogP contribution in [0.25, 0.3) is 0 Å². The number of hydrogen-bond acceptors (Lipinski definition) is 3. The lowest BCUT2D eigenvalue weighted by atomic mass is 9.67. The molecule has 0 aromatic heterocycles. The van der Waals surface area contributed by atoms with Crippen LogP contribution in [0.2, 0.25) is 0 Å². The largest absolute Gasteiger partial charge is 0.493 e. The van der Waals surface area contributed by atoms with E-state index in [1.165, 1.54) is 30.4 Å². The zero-order chi connectivity index (χ0) is 16.3. The highest BCUT2D eigenvalue weighted by atomic mass is 79.9. The van der Waals surface area contributed by atoms with Crippen LogP contribution in [0.15, 0.2) is 10.5 Å². The number of nitrogens with two attached hydrogens (primary N) is 1.